The van der Waals surface area contributed by atoms with Crippen LogP contribution in [0.5, 0.6) is 0 Å². The van der Waals surface area contributed by atoms with Crippen LogP contribution in [0.2, 0.25) is 0 Å². The number of hydrogen-bond donors (Lipinski definition) is 2. The molecule has 2 unspecified atom stereocenters. The smallest absolute Gasteiger partial charge is 0.332 e. The fourth-order valence-electron chi connectivity index (χ4n) is 2.14. The molecule has 0 rings (SSSR count). The lowest BCUT2D eigenvalue weighted by atomic mass is 9.95. The molecule has 6 heteroatoms. The summed E-state index contributed by atoms with van der Waals surface area (Å²) in [4.78, 5) is 34.0. The molecule has 0 aromatic rings. The molecule has 0 aliphatic rings. The van der Waals surface area contributed by atoms with Crippen LogP contribution in [0.25, 0.3) is 0 Å². The Hall–Kier alpha value is -1.85. The Balaban J connectivity index is 4.59. The zero-order valence-electron chi connectivity index (χ0n) is 13.5. The molecule has 0 aromatic heterocycles. The lowest BCUT2D eigenvalue weighted by molar-refractivity contribution is -0.152. The molecule has 0 aliphatic carbocycles. The Morgan fingerprint density at radius 1 is 1.18 bits per heavy atom. The van der Waals surface area contributed by atoms with Crippen molar-refractivity contribution in [2.45, 2.75) is 52.9 Å². The highest BCUT2D eigenvalue weighted by atomic mass is 16.5. The molecule has 2 atom stereocenters. The summed E-state index contributed by atoms with van der Waals surface area (Å²) in [7, 11) is 0. The van der Waals surface area contributed by atoms with Crippen LogP contribution in [0.15, 0.2) is 11.6 Å². The molecule has 0 aromatic carbocycles. The number of carboxylic acids is 2. The molecule has 0 spiro atoms. The minimum Gasteiger partial charge on any atom is -0.481 e. The van der Waals surface area contributed by atoms with E-state index in [1.54, 1.807) is 0 Å². The van der Waals surface area contributed by atoms with Gasteiger partial charge in [0.25, 0.3) is 0 Å². The van der Waals surface area contributed by atoms with Gasteiger partial charge in [0, 0.05) is 5.57 Å². The predicted octanol–water partition coefficient (Wildman–Crippen LogP) is 2.87. The summed E-state index contributed by atoms with van der Waals surface area (Å²) in [6, 6.07) is 0. The number of esters is 1. The van der Waals surface area contributed by atoms with Crippen molar-refractivity contribution < 1.29 is 29.3 Å². The van der Waals surface area contributed by atoms with Gasteiger partial charge in [-0.15, -0.1) is 0 Å². The van der Waals surface area contributed by atoms with Gasteiger partial charge in [0.1, 0.15) is 0 Å². The highest BCUT2D eigenvalue weighted by Gasteiger charge is 2.30. The Morgan fingerprint density at radius 2 is 1.82 bits per heavy atom. The van der Waals surface area contributed by atoms with Crippen LogP contribution in [-0.4, -0.2) is 34.7 Å². The first-order valence-corrected chi connectivity index (χ1v) is 7.65. The summed E-state index contributed by atoms with van der Waals surface area (Å²) in [5.41, 5.74) is -0.303. The van der Waals surface area contributed by atoms with Crippen molar-refractivity contribution in [2.75, 3.05) is 6.61 Å². The van der Waals surface area contributed by atoms with Crippen molar-refractivity contribution in [1.82, 2.24) is 0 Å². The monoisotopic (exact) mass is 314 g/mol. The molecular formula is C16H26O6. The van der Waals surface area contributed by atoms with Gasteiger partial charge < -0.3 is 14.9 Å². The molecule has 0 aliphatic heterocycles. The number of hydrogen-bond acceptors (Lipinski definition) is 4. The van der Waals surface area contributed by atoms with Crippen LogP contribution in [0, 0.1) is 11.8 Å². The second-order valence-electron chi connectivity index (χ2n) is 5.24. The van der Waals surface area contributed by atoms with Crippen LogP contribution >= 0.6 is 0 Å². The average molecular weight is 314 g/mol. The summed E-state index contributed by atoms with van der Waals surface area (Å²) >= 11 is 0. The molecule has 0 amide bonds. The maximum absolute atomic E-state index is 11.8. The van der Waals surface area contributed by atoms with E-state index >= 15 is 0 Å². The molecular weight excluding hydrogens is 288 g/mol. The summed E-state index contributed by atoms with van der Waals surface area (Å²) < 4.78 is 5.12. The number of carbonyl (C=O) groups is 3. The van der Waals surface area contributed by atoms with E-state index in [-0.39, 0.29) is 18.1 Å². The molecule has 0 saturated heterocycles. The Morgan fingerprint density at radius 3 is 2.23 bits per heavy atom. The lowest BCUT2D eigenvalue weighted by Gasteiger charge is -2.16. The van der Waals surface area contributed by atoms with Crippen LogP contribution in [-0.2, 0) is 19.1 Å². The highest BCUT2D eigenvalue weighted by molar-refractivity contribution is 5.95. The lowest BCUT2D eigenvalue weighted by Crippen LogP contribution is -2.26. The van der Waals surface area contributed by atoms with Crippen molar-refractivity contribution in [1.29, 1.82) is 0 Å². The van der Waals surface area contributed by atoms with E-state index in [1.807, 2.05) is 6.92 Å². The van der Waals surface area contributed by atoms with Crippen LogP contribution in [0.4, 0.5) is 0 Å². The van der Waals surface area contributed by atoms with E-state index in [4.69, 9.17) is 14.9 Å². The molecule has 0 fully saturated rings. The number of carboxylic acid groups (broad SMARTS) is 2. The predicted molar refractivity (Wildman–Crippen MR) is 81.4 cm³/mol. The minimum atomic E-state index is -1.38. The van der Waals surface area contributed by atoms with E-state index in [9.17, 15) is 14.4 Å². The highest BCUT2D eigenvalue weighted by Crippen LogP contribution is 2.18. The second-order valence-corrected chi connectivity index (χ2v) is 5.24. The molecule has 22 heavy (non-hydrogen) atoms. The van der Waals surface area contributed by atoms with Gasteiger partial charge in [-0.25, -0.2) is 4.79 Å². The summed E-state index contributed by atoms with van der Waals surface area (Å²) in [5.74, 6) is -4.48. The number of unbranched alkanes of at least 4 members (excludes halogenated alkanes) is 1. The van der Waals surface area contributed by atoms with Crippen LogP contribution in [0.3, 0.4) is 0 Å². The zero-order valence-corrected chi connectivity index (χ0v) is 13.5. The third-order valence-electron chi connectivity index (χ3n) is 3.63. The Bertz CT molecular complexity index is 413. The molecule has 6 nitrogen and oxygen atoms in total. The van der Waals surface area contributed by atoms with Gasteiger partial charge in [0.2, 0.25) is 0 Å². The number of allylic oxidation sites excluding steroid dienone is 1. The second kappa shape index (κ2) is 10.8. The van der Waals surface area contributed by atoms with Crippen LogP contribution in [0.1, 0.15) is 52.9 Å². The summed E-state index contributed by atoms with van der Waals surface area (Å²) in [5, 5.41) is 18.1. The third kappa shape index (κ3) is 7.24. The first kappa shape index (κ1) is 20.1. The van der Waals surface area contributed by atoms with Gasteiger partial charge in [0.05, 0.1) is 18.9 Å². The number of aliphatic carboxylic acids is 2. The van der Waals surface area contributed by atoms with E-state index in [1.165, 1.54) is 13.0 Å². The quantitative estimate of drug-likeness (QED) is 0.449. The number of ether oxygens (including phenoxy) is 1. The maximum Gasteiger partial charge on any atom is 0.332 e. The van der Waals surface area contributed by atoms with Gasteiger partial charge in [-0.05, 0) is 19.3 Å². The number of rotatable bonds is 11. The Labute approximate surface area is 131 Å². The van der Waals surface area contributed by atoms with Crippen LogP contribution < -0.4 is 0 Å². The Kier molecular flexibility index (Phi) is 9.91. The van der Waals surface area contributed by atoms with Gasteiger partial charge in [-0.2, -0.15) is 0 Å². The van der Waals surface area contributed by atoms with Crippen molar-refractivity contribution in [3.05, 3.63) is 11.6 Å². The van der Waals surface area contributed by atoms with E-state index in [0.29, 0.717) is 0 Å². The minimum absolute atomic E-state index is 0.250. The standard InChI is InChI=1S/C16H26O6/c1-4-7-8-11(5-2)10-22-14(17)9-13(16(20)21)12(6-3)15(18)19/h6,11,13H,4-5,7-10H2,1-3H3,(H,18,19)(H,20,21). The van der Waals surface area contributed by atoms with Gasteiger partial charge >= 0.3 is 17.9 Å². The zero-order chi connectivity index (χ0) is 17.1. The fraction of sp³-hybridized carbons (Fsp3) is 0.688. The van der Waals surface area contributed by atoms with Crippen molar-refractivity contribution in [3.63, 3.8) is 0 Å². The maximum atomic E-state index is 11.8. The third-order valence-corrected chi connectivity index (χ3v) is 3.63. The fourth-order valence-corrected chi connectivity index (χ4v) is 2.14. The normalized spacial score (nSPS) is 14.2. The van der Waals surface area contributed by atoms with Gasteiger partial charge in [-0.1, -0.05) is 39.2 Å². The molecule has 0 radical (unpaired) electrons. The SMILES string of the molecule is CC=C(C(=O)O)C(CC(=O)OCC(CC)CCCC)C(=O)O. The summed E-state index contributed by atoms with van der Waals surface area (Å²) in [6.07, 6.45) is 4.68. The topological polar surface area (TPSA) is 101 Å². The first-order valence-electron chi connectivity index (χ1n) is 7.65. The van der Waals surface area contributed by atoms with E-state index in [2.05, 4.69) is 6.92 Å². The van der Waals surface area contributed by atoms with Crippen molar-refractivity contribution >= 4 is 17.9 Å². The van der Waals surface area contributed by atoms with E-state index < -0.39 is 30.2 Å². The van der Waals surface area contributed by atoms with Gasteiger partial charge in [0.15, 0.2) is 0 Å². The molecule has 0 bridgehead atoms. The molecule has 0 saturated carbocycles. The van der Waals surface area contributed by atoms with Crippen molar-refractivity contribution in [2.24, 2.45) is 11.8 Å². The van der Waals surface area contributed by atoms with Gasteiger partial charge in [-0.3, -0.25) is 9.59 Å². The average Bonchev–Trinajstić information content (AvgIpc) is 2.46. The molecule has 2 N–H and O–H groups in total. The largest absolute Gasteiger partial charge is 0.481 e. The molecule has 126 valence electrons. The first-order chi connectivity index (χ1) is 10.4. The summed E-state index contributed by atoms with van der Waals surface area (Å²) in [6.45, 7) is 5.78. The van der Waals surface area contributed by atoms with Crippen molar-refractivity contribution in [3.8, 4) is 0 Å². The number of carbonyl (C=O) groups excluding carboxylic acids is 1. The van der Waals surface area contributed by atoms with E-state index in [0.717, 1.165) is 25.7 Å². The molecule has 0 heterocycles.